The lowest BCUT2D eigenvalue weighted by Gasteiger charge is -2.20. The Labute approximate surface area is 224 Å². The number of nitrogens with two attached hydrogens (primary N) is 1. The molecule has 3 atom stereocenters. The van der Waals surface area contributed by atoms with E-state index in [4.69, 9.17) is 14.6 Å². The Morgan fingerprint density at radius 3 is 2.05 bits per heavy atom. The van der Waals surface area contributed by atoms with Gasteiger partial charge in [-0.15, -0.1) is 11.3 Å². The summed E-state index contributed by atoms with van der Waals surface area (Å²) < 4.78 is 10.9. The lowest BCUT2D eigenvalue weighted by molar-refractivity contribution is 0.0688. The van der Waals surface area contributed by atoms with E-state index in [9.17, 15) is 19.5 Å². The van der Waals surface area contributed by atoms with Gasteiger partial charge in [-0.05, 0) is 24.7 Å². The van der Waals surface area contributed by atoms with Crippen LogP contribution >= 0.6 is 11.3 Å². The van der Waals surface area contributed by atoms with Gasteiger partial charge in [-0.1, -0.05) is 41.5 Å². The highest BCUT2D eigenvalue weighted by atomic mass is 32.1. The molecule has 206 valence electrons. The minimum atomic E-state index is -1.21. The van der Waals surface area contributed by atoms with Crippen molar-refractivity contribution >= 4 is 29.1 Å². The molecule has 0 saturated heterocycles. The van der Waals surface area contributed by atoms with Gasteiger partial charge >= 0.3 is 5.97 Å². The van der Waals surface area contributed by atoms with Crippen molar-refractivity contribution in [3.05, 3.63) is 51.3 Å². The first-order valence-corrected chi connectivity index (χ1v) is 13.2. The van der Waals surface area contributed by atoms with Crippen LogP contribution in [0.4, 0.5) is 0 Å². The number of aromatic nitrogens is 3. The van der Waals surface area contributed by atoms with Crippen LogP contribution < -0.4 is 16.4 Å². The Morgan fingerprint density at radius 2 is 1.50 bits per heavy atom. The molecule has 0 unspecified atom stereocenters. The number of carboxylic acids is 1. The van der Waals surface area contributed by atoms with E-state index in [1.54, 1.807) is 5.38 Å². The Bertz CT molecular complexity index is 1290. The molecule has 0 aromatic carbocycles. The molecular weight excluding hydrogens is 512 g/mol. The number of hydrogen-bond donors (Lipinski definition) is 4. The third kappa shape index (κ3) is 6.45. The molecule has 2 amide bonds. The van der Waals surface area contributed by atoms with Crippen molar-refractivity contribution in [1.29, 1.82) is 0 Å². The number of carbonyl (C=O) groups excluding carboxylic acids is 2. The van der Waals surface area contributed by atoms with Gasteiger partial charge in [0.05, 0.1) is 12.1 Å². The Balaban J connectivity index is 1.75. The number of hydrogen-bond acceptors (Lipinski definition) is 10. The van der Waals surface area contributed by atoms with Crippen LogP contribution in [0.1, 0.15) is 114 Å². The van der Waals surface area contributed by atoms with E-state index >= 15 is 0 Å². The largest absolute Gasteiger partial charge is 0.476 e. The van der Waals surface area contributed by atoms with Crippen molar-refractivity contribution in [2.75, 3.05) is 0 Å². The van der Waals surface area contributed by atoms with Gasteiger partial charge in [-0.3, -0.25) is 9.59 Å². The maximum Gasteiger partial charge on any atom is 0.358 e. The number of rotatable bonds is 11. The Kier molecular flexibility index (Phi) is 9.05. The normalized spacial score (nSPS) is 14.1. The van der Waals surface area contributed by atoms with Gasteiger partial charge in [0, 0.05) is 5.38 Å². The maximum absolute atomic E-state index is 13.1. The fourth-order valence-electron chi connectivity index (χ4n) is 3.57. The number of carboxylic acid groups (broad SMARTS) is 1. The summed E-state index contributed by atoms with van der Waals surface area (Å²) in [5.74, 6) is -1.66. The maximum atomic E-state index is 13.1. The predicted molar refractivity (Wildman–Crippen MR) is 139 cm³/mol. The van der Waals surface area contributed by atoms with Crippen molar-refractivity contribution in [3.8, 4) is 0 Å². The zero-order valence-corrected chi connectivity index (χ0v) is 23.3. The highest BCUT2D eigenvalue weighted by Crippen LogP contribution is 2.28. The molecule has 0 bridgehead atoms. The quantitative estimate of drug-likeness (QED) is 0.273. The SMILES string of the molecule is Cc1oc([C@@H](NC(=O)c2csc([C@@H](NC(=O)c3coc([C@@H](N)C(C)C)n3)C(C)C)n2)C(C)C)nc1C(=O)O. The zero-order chi connectivity index (χ0) is 28.3. The van der Waals surface area contributed by atoms with E-state index in [0.29, 0.717) is 5.01 Å². The molecule has 3 aromatic rings. The molecule has 0 aliphatic rings. The third-order valence-corrected chi connectivity index (χ3v) is 6.89. The van der Waals surface area contributed by atoms with Crippen LogP contribution in [0.25, 0.3) is 0 Å². The van der Waals surface area contributed by atoms with Crippen molar-refractivity contribution in [1.82, 2.24) is 25.6 Å². The summed E-state index contributed by atoms with van der Waals surface area (Å²) in [4.78, 5) is 50.1. The number of carbonyl (C=O) groups is 3. The summed E-state index contributed by atoms with van der Waals surface area (Å²) >= 11 is 1.24. The second-order valence-electron chi connectivity index (χ2n) is 10.1. The minimum Gasteiger partial charge on any atom is -0.476 e. The van der Waals surface area contributed by atoms with Crippen LogP contribution in [0.5, 0.6) is 0 Å². The molecule has 38 heavy (non-hydrogen) atoms. The van der Waals surface area contributed by atoms with Gasteiger partial charge < -0.3 is 30.3 Å². The molecule has 3 rings (SSSR count). The molecule has 0 radical (unpaired) electrons. The lowest BCUT2D eigenvalue weighted by Crippen LogP contribution is -2.33. The third-order valence-electron chi connectivity index (χ3n) is 5.97. The Hall–Kier alpha value is -3.58. The molecule has 0 saturated carbocycles. The monoisotopic (exact) mass is 546 g/mol. The van der Waals surface area contributed by atoms with E-state index in [0.717, 1.165) is 0 Å². The minimum absolute atomic E-state index is 0.0431. The lowest BCUT2D eigenvalue weighted by atomic mass is 10.0. The number of nitrogens with zero attached hydrogens (tertiary/aromatic N) is 3. The first-order valence-electron chi connectivity index (χ1n) is 12.3. The second kappa shape index (κ2) is 11.9. The molecule has 0 spiro atoms. The summed E-state index contributed by atoms with van der Waals surface area (Å²) in [5, 5.41) is 17.2. The average Bonchev–Trinajstić information content (AvgIpc) is 3.59. The topological polar surface area (TPSA) is 186 Å². The smallest absolute Gasteiger partial charge is 0.358 e. The number of oxazole rings is 2. The first kappa shape index (κ1) is 29.0. The fourth-order valence-corrected chi connectivity index (χ4v) is 4.59. The first-order chi connectivity index (χ1) is 17.8. The summed E-state index contributed by atoms with van der Waals surface area (Å²) in [5.41, 5.74) is 6.13. The molecule has 12 nitrogen and oxygen atoms in total. The van der Waals surface area contributed by atoms with Crippen molar-refractivity contribution in [2.45, 2.75) is 66.6 Å². The van der Waals surface area contributed by atoms with Gasteiger partial charge in [0.1, 0.15) is 28.8 Å². The van der Waals surface area contributed by atoms with E-state index in [-0.39, 0.29) is 52.4 Å². The van der Waals surface area contributed by atoms with Crippen LogP contribution in [0.15, 0.2) is 20.5 Å². The van der Waals surface area contributed by atoms with Crippen LogP contribution in [-0.4, -0.2) is 37.8 Å². The summed E-state index contributed by atoms with van der Waals surface area (Å²) in [6.45, 7) is 12.9. The fraction of sp³-hybridized carbons (Fsp3) is 0.520. The van der Waals surface area contributed by atoms with Gasteiger partial charge in [-0.2, -0.15) is 0 Å². The molecule has 0 aliphatic heterocycles. The Morgan fingerprint density at radius 1 is 0.895 bits per heavy atom. The average molecular weight is 547 g/mol. The summed E-state index contributed by atoms with van der Waals surface area (Å²) in [6, 6.07) is -1.58. The standard InChI is InChI=1S/C25H34N6O6S/c1-10(2)16(26)22-27-14(8-36-22)20(32)30-18(12(5)6)24-28-15(9-38-24)21(33)29-17(11(3)4)23-31-19(25(34)35)13(7)37-23/h8-12,16-18H,26H2,1-7H3,(H,29,33)(H,30,32)(H,34,35)/t16-,17-,18-/m0/s1. The van der Waals surface area contributed by atoms with E-state index in [1.807, 2.05) is 41.5 Å². The number of amides is 2. The highest BCUT2D eigenvalue weighted by Gasteiger charge is 2.29. The predicted octanol–water partition coefficient (Wildman–Crippen LogP) is 4.04. The molecule has 5 N–H and O–H groups in total. The zero-order valence-electron chi connectivity index (χ0n) is 22.4. The number of thiazole rings is 1. The summed E-state index contributed by atoms with van der Waals surface area (Å²) in [7, 11) is 0. The van der Waals surface area contributed by atoms with Crippen LogP contribution in [0, 0.1) is 24.7 Å². The van der Waals surface area contributed by atoms with Crippen molar-refractivity contribution in [2.24, 2.45) is 23.5 Å². The summed E-state index contributed by atoms with van der Waals surface area (Å²) in [6.07, 6.45) is 1.28. The molecular formula is C25H34N6O6S. The highest BCUT2D eigenvalue weighted by molar-refractivity contribution is 7.09. The number of aromatic carboxylic acids is 1. The van der Waals surface area contributed by atoms with Crippen molar-refractivity contribution < 1.29 is 28.3 Å². The van der Waals surface area contributed by atoms with Gasteiger partial charge in [0.25, 0.3) is 11.8 Å². The van der Waals surface area contributed by atoms with Gasteiger partial charge in [-0.25, -0.2) is 19.7 Å². The molecule has 0 fully saturated rings. The molecule has 13 heteroatoms. The van der Waals surface area contributed by atoms with E-state index in [2.05, 4.69) is 25.6 Å². The van der Waals surface area contributed by atoms with Gasteiger partial charge in [0.15, 0.2) is 11.4 Å². The molecule has 0 aliphatic carbocycles. The molecule has 3 heterocycles. The van der Waals surface area contributed by atoms with E-state index in [1.165, 1.54) is 24.5 Å². The molecule has 3 aromatic heterocycles. The number of nitrogens with one attached hydrogen (secondary N) is 2. The van der Waals surface area contributed by atoms with Gasteiger partial charge in [0.2, 0.25) is 11.8 Å². The van der Waals surface area contributed by atoms with Crippen molar-refractivity contribution in [3.63, 3.8) is 0 Å². The second-order valence-corrected chi connectivity index (χ2v) is 11.0. The van der Waals surface area contributed by atoms with Crippen LogP contribution in [0.3, 0.4) is 0 Å². The van der Waals surface area contributed by atoms with Crippen LogP contribution in [-0.2, 0) is 0 Å². The van der Waals surface area contributed by atoms with Crippen LogP contribution in [0.2, 0.25) is 0 Å². The number of aryl methyl sites for hydroxylation is 1. The van der Waals surface area contributed by atoms with E-state index < -0.39 is 35.9 Å².